The van der Waals surface area contributed by atoms with Gasteiger partial charge in [-0.05, 0) is 51.0 Å². The number of ether oxygens (including phenoxy) is 1. The lowest BCUT2D eigenvalue weighted by molar-refractivity contribution is 0.0844. The molecular formula is C26H30O4. The van der Waals surface area contributed by atoms with Gasteiger partial charge in [-0.2, -0.15) is 0 Å². The first-order valence-corrected chi connectivity index (χ1v) is 10.3. The van der Waals surface area contributed by atoms with Crippen molar-refractivity contribution < 1.29 is 19.7 Å². The summed E-state index contributed by atoms with van der Waals surface area (Å²) in [6.07, 6.45) is 5.92. The van der Waals surface area contributed by atoms with Gasteiger partial charge in [-0.15, -0.1) is 0 Å². The molecule has 4 nitrogen and oxygen atoms in total. The average Bonchev–Trinajstić information content (AvgIpc) is 2.72. The van der Waals surface area contributed by atoms with Crippen LogP contribution < -0.4 is 4.74 Å². The molecule has 2 aromatic carbocycles. The zero-order valence-electron chi connectivity index (χ0n) is 18.1. The van der Waals surface area contributed by atoms with Gasteiger partial charge >= 0.3 is 0 Å². The summed E-state index contributed by atoms with van der Waals surface area (Å²) >= 11 is 0. The second-order valence-corrected chi connectivity index (χ2v) is 8.26. The van der Waals surface area contributed by atoms with Crippen LogP contribution in [0.2, 0.25) is 0 Å². The molecule has 0 heterocycles. The average molecular weight is 407 g/mol. The van der Waals surface area contributed by atoms with E-state index in [0.29, 0.717) is 0 Å². The summed E-state index contributed by atoms with van der Waals surface area (Å²) in [5, 5.41) is 20.4. The first kappa shape index (κ1) is 21.7. The predicted molar refractivity (Wildman–Crippen MR) is 119 cm³/mol. The molecule has 0 aliphatic heterocycles. The lowest BCUT2D eigenvalue weighted by Gasteiger charge is -2.37. The number of methoxy groups -OCH3 is 1. The van der Waals surface area contributed by atoms with Crippen LogP contribution in [0.15, 0.2) is 65.8 Å². The van der Waals surface area contributed by atoms with Crippen molar-refractivity contribution in [1.82, 2.24) is 0 Å². The molecule has 1 aliphatic rings. The van der Waals surface area contributed by atoms with Gasteiger partial charge in [0.15, 0.2) is 5.78 Å². The van der Waals surface area contributed by atoms with Gasteiger partial charge in [0.25, 0.3) is 0 Å². The molecule has 0 saturated heterocycles. The molecule has 3 rings (SSSR count). The standard InChI is InChI=1S/C26H30O4/c1-16(2)10-12-20-17(3)11-13-21(18-8-6-5-7-9-18)24(20)26(29)25-22(28)14-19(27)15-23(25)30-4/h5-11,14-15,20-21,24,27-28H,12-13H2,1-4H3. The Morgan fingerprint density at radius 1 is 1.17 bits per heavy atom. The van der Waals surface area contributed by atoms with E-state index in [4.69, 9.17) is 4.74 Å². The smallest absolute Gasteiger partial charge is 0.174 e. The number of benzene rings is 2. The van der Waals surface area contributed by atoms with Crippen molar-refractivity contribution in [2.24, 2.45) is 11.8 Å². The molecule has 30 heavy (non-hydrogen) atoms. The summed E-state index contributed by atoms with van der Waals surface area (Å²) in [7, 11) is 1.44. The molecule has 0 amide bonds. The fourth-order valence-electron chi connectivity index (χ4n) is 4.44. The van der Waals surface area contributed by atoms with Gasteiger partial charge in [0.2, 0.25) is 0 Å². The van der Waals surface area contributed by atoms with Crippen LogP contribution in [0, 0.1) is 11.8 Å². The molecule has 2 aromatic rings. The highest BCUT2D eigenvalue weighted by atomic mass is 16.5. The van der Waals surface area contributed by atoms with Crippen molar-refractivity contribution in [2.75, 3.05) is 7.11 Å². The maximum atomic E-state index is 13.9. The van der Waals surface area contributed by atoms with Crippen molar-refractivity contribution in [3.63, 3.8) is 0 Å². The van der Waals surface area contributed by atoms with Gasteiger partial charge in [0, 0.05) is 18.1 Å². The van der Waals surface area contributed by atoms with Crippen LogP contribution in [0.25, 0.3) is 0 Å². The second-order valence-electron chi connectivity index (χ2n) is 8.26. The van der Waals surface area contributed by atoms with Crippen LogP contribution in [0.4, 0.5) is 0 Å². The Hall–Kier alpha value is -3.01. The largest absolute Gasteiger partial charge is 0.508 e. The van der Waals surface area contributed by atoms with Crippen LogP contribution in [0.3, 0.4) is 0 Å². The topological polar surface area (TPSA) is 66.8 Å². The van der Waals surface area contributed by atoms with Crippen molar-refractivity contribution >= 4 is 5.78 Å². The van der Waals surface area contributed by atoms with Crippen LogP contribution in [-0.4, -0.2) is 23.1 Å². The third kappa shape index (κ3) is 4.43. The summed E-state index contributed by atoms with van der Waals surface area (Å²) in [5.41, 5.74) is 3.65. The molecule has 0 saturated carbocycles. The van der Waals surface area contributed by atoms with E-state index in [2.05, 4.69) is 45.1 Å². The Labute approximate surface area is 178 Å². The maximum Gasteiger partial charge on any atom is 0.174 e. The fourth-order valence-corrected chi connectivity index (χ4v) is 4.44. The Balaban J connectivity index is 2.14. The number of rotatable bonds is 6. The molecule has 0 aromatic heterocycles. The highest BCUT2D eigenvalue weighted by Crippen LogP contribution is 2.47. The van der Waals surface area contributed by atoms with Crippen LogP contribution >= 0.6 is 0 Å². The second kappa shape index (κ2) is 9.21. The van der Waals surface area contributed by atoms with Crippen molar-refractivity contribution in [2.45, 2.75) is 39.5 Å². The fraction of sp³-hybridized carbons (Fsp3) is 0.346. The lowest BCUT2D eigenvalue weighted by Crippen LogP contribution is -2.33. The first-order chi connectivity index (χ1) is 14.3. The zero-order chi connectivity index (χ0) is 21.8. The molecule has 158 valence electrons. The zero-order valence-corrected chi connectivity index (χ0v) is 18.1. The maximum absolute atomic E-state index is 13.9. The van der Waals surface area contributed by atoms with Crippen molar-refractivity contribution in [3.8, 4) is 17.2 Å². The third-order valence-corrected chi connectivity index (χ3v) is 5.99. The number of hydrogen-bond donors (Lipinski definition) is 2. The summed E-state index contributed by atoms with van der Waals surface area (Å²) in [4.78, 5) is 13.9. The Morgan fingerprint density at radius 2 is 1.87 bits per heavy atom. The summed E-state index contributed by atoms with van der Waals surface area (Å²) in [5.74, 6) is -0.689. The number of phenols is 2. The van der Waals surface area contributed by atoms with Gasteiger partial charge in [-0.1, -0.05) is 53.6 Å². The highest BCUT2D eigenvalue weighted by Gasteiger charge is 2.41. The van der Waals surface area contributed by atoms with Crippen molar-refractivity contribution in [1.29, 1.82) is 0 Å². The lowest BCUT2D eigenvalue weighted by atomic mass is 9.65. The van der Waals surface area contributed by atoms with E-state index in [1.54, 1.807) is 0 Å². The predicted octanol–water partition coefficient (Wildman–Crippen LogP) is 6.01. The number of hydrogen-bond acceptors (Lipinski definition) is 4. The molecular weight excluding hydrogens is 376 g/mol. The number of phenolic OH excluding ortho intramolecular Hbond substituents is 2. The number of ketones is 1. The van der Waals surface area contributed by atoms with E-state index in [0.717, 1.165) is 18.4 Å². The Bertz CT molecular complexity index is 968. The minimum atomic E-state index is -0.350. The monoisotopic (exact) mass is 406 g/mol. The molecule has 3 atom stereocenters. The van der Waals surface area contributed by atoms with E-state index in [1.807, 2.05) is 18.2 Å². The van der Waals surface area contributed by atoms with Gasteiger partial charge in [-0.3, -0.25) is 4.79 Å². The number of allylic oxidation sites excluding steroid dienone is 4. The summed E-state index contributed by atoms with van der Waals surface area (Å²) in [6, 6.07) is 12.7. The minimum absolute atomic E-state index is 0.00382. The minimum Gasteiger partial charge on any atom is -0.508 e. The van der Waals surface area contributed by atoms with E-state index in [1.165, 1.54) is 30.4 Å². The van der Waals surface area contributed by atoms with Gasteiger partial charge in [-0.25, -0.2) is 0 Å². The molecule has 0 radical (unpaired) electrons. The Kier molecular flexibility index (Phi) is 6.66. The molecule has 0 bridgehead atoms. The number of aromatic hydroxyl groups is 2. The highest BCUT2D eigenvalue weighted by molar-refractivity contribution is 6.04. The van der Waals surface area contributed by atoms with Crippen LogP contribution in [-0.2, 0) is 0 Å². The van der Waals surface area contributed by atoms with Crippen molar-refractivity contribution in [3.05, 3.63) is 76.9 Å². The summed E-state index contributed by atoms with van der Waals surface area (Å²) in [6.45, 7) is 6.20. The molecule has 2 N–H and O–H groups in total. The first-order valence-electron chi connectivity index (χ1n) is 10.3. The normalized spacial score (nSPS) is 20.9. The van der Waals surface area contributed by atoms with E-state index >= 15 is 0 Å². The molecule has 1 aliphatic carbocycles. The van der Waals surface area contributed by atoms with E-state index in [-0.39, 0.29) is 46.3 Å². The Morgan fingerprint density at radius 3 is 2.50 bits per heavy atom. The van der Waals surface area contributed by atoms with Gasteiger partial charge in [0.05, 0.1) is 7.11 Å². The molecule has 4 heteroatoms. The molecule has 3 unspecified atom stereocenters. The van der Waals surface area contributed by atoms with Crippen LogP contribution in [0.5, 0.6) is 17.2 Å². The van der Waals surface area contributed by atoms with Gasteiger partial charge in [0.1, 0.15) is 22.8 Å². The summed E-state index contributed by atoms with van der Waals surface area (Å²) < 4.78 is 5.35. The quantitative estimate of drug-likeness (QED) is 0.455. The van der Waals surface area contributed by atoms with Gasteiger partial charge < -0.3 is 14.9 Å². The third-order valence-electron chi connectivity index (χ3n) is 5.99. The number of carbonyl (C=O) groups excluding carboxylic acids is 1. The number of Topliss-reactive ketones (excluding diaryl/α,β-unsaturated/α-hetero) is 1. The number of carbonyl (C=O) groups is 1. The SMILES string of the molecule is COc1cc(O)cc(O)c1C(=O)C1C(CC=C(C)C)C(C)=CCC1c1ccccc1. The molecule has 0 spiro atoms. The van der Waals surface area contributed by atoms with E-state index in [9.17, 15) is 15.0 Å². The molecule has 0 fully saturated rings. The van der Waals surface area contributed by atoms with Crippen LogP contribution in [0.1, 0.15) is 55.5 Å². The van der Waals surface area contributed by atoms with E-state index < -0.39 is 0 Å².